The molecule has 1 heterocycles. The van der Waals surface area contributed by atoms with E-state index in [1.54, 1.807) is 60.7 Å². The molecular formula is C20H15ClN2O3. The Balaban J connectivity index is 1.85. The minimum atomic E-state index is -0.489. The predicted octanol–water partition coefficient (Wildman–Crippen LogP) is 4.34. The lowest BCUT2D eigenvalue weighted by Crippen LogP contribution is -2.30. The summed E-state index contributed by atoms with van der Waals surface area (Å²) in [4.78, 5) is 25.1. The molecule has 2 N–H and O–H groups in total. The molecule has 5 nitrogen and oxygen atoms in total. The lowest BCUT2D eigenvalue weighted by atomic mass is 10.2. The Morgan fingerprint density at radius 1 is 0.923 bits per heavy atom. The van der Waals surface area contributed by atoms with Gasteiger partial charge in [0.05, 0.1) is 16.8 Å². The molecule has 0 aliphatic rings. The van der Waals surface area contributed by atoms with Gasteiger partial charge in [-0.1, -0.05) is 41.9 Å². The number of benzene rings is 2. The van der Waals surface area contributed by atoms with E-state index in [1.807, 2.05) is 6.07 Å². The number of halogens is 1. The fourth-order valence-corrected chi connectivity index (χ4v) is 2.45. The molecule has 2 amide bonds. The van der Waals surface area contributed by atoms with Crippen LogP contribution in [-0.4, -0.2) is 11.8 Å². The van der Waals surface area contributed by atoms with E-state index in [0.717, 1.165) is 0 Å². The van der Waals surface area contributed by atoms with Gasteiger partial charge in [-0.25, -0.2) is 0 Å². The minimum Gasteiger partial charge on any atom is -0.465 e. The van der Waals surface area contributed by atoms with Crippen molar-refractivity contribution in [3.8, 4) is 0 Å². The fourth-order valence-electron chi connectivity index (χ4n) is 2.23. The van der Waals surface area contributed by atoms with Crippen LogP contribution < -0.4 is 10.6 Å². The Morgan fingerprint density at radius 2 is 1.65 bits per heavy atom. The monoisotopic (exact) mass is 366 g/mol. The third-order valence-corrected chi connectivity index (χ3v) is 3.80. The van der Waals surface area contributed by atoms with E-state index in [2.05, 4.69) is 10.6 Å². The molecule has 0 unspecified atom stereocenters. The van der Waals surface area contributed by atoms with E-state index in [9.17, 15) is 9.59 Å². The van der Waals surface area contributed by atoms with Crippen molar-refractivity contribution in [3.05, 3.63) is 95.0 Å². The topological polar surface area (TPSA) is 71.3 Å². The Hall–Kier alpha value is -3.31. The van der Waals surface area contributed by atoms with E-state index >= 15 is 0 Å². The number of nitrogens with one attached hydrogen (secondary N) is 2. The molecule has 0 fully saturated rings. The molecule has 0 aliphatic heterocycles. The number of hydrogen-bond acceptors (Lipinski definition) is 3. The van der Waals surface area contributed by atoms with Gasteiger partial charge in [0.15, 0.2) is 0 Å². The first-order valence-corrected chi connectivity index (χ1v) is 8.19. The SMILES string of the molecule is O=C(Nc1ccccc1)/C(=C\c1ccco1)NC(=O)c1ccccc1Cl. The Morgan fingerprint density at radius 3 is 2.35 bits per heavy atom. The van der Waals surface area contributed by atoms with E-state index in [-0.39, 0.29) is 11.3 Å². The number of hydrogen-bond donors (Lipinski definition) is 2. The Labute approximate surface area is 155 Å². The third-order valence-electron chi connectivity index (χ3n) is 3.47. The molecule has 0 saturated heterocycles. The number of amides is 2. The maximum absolute atomic E-state index is 12.6. The second kappa shape index (κ2) is 8.18. The van der Waals surface area contributed by atoms with Crippen LogP contribution in [0.4, 0.5) is 5.69 Å². The van der Waals surface area contributed by atoms with Crippen molar-refractivity contribution in [3.63, 3.8) is 0 Å². The molecular weight excluding hydrogens is 352 g/mol. The van der Waals surface area contributed by atoms with Crippen molar-refractivity contribution >= 4 is 35.2 Å². The molecule has 26 heavy (non-hydrogen) atoms. The Bertz CT molecular complexity index is 935. The lowest BCUT2D eigenvalue weighted by Gasteiger charge is -2.11. The van der Waals surface area contributed by atoms with E-state index in [4.69, 9.17) is 16.0 Å². The summed E-state index contributed by atoms with van der Waals surface area (Å²) in [6.45, 7) is 0. The smallest absolute Gasteiger partial charge is 0.272 e. The van der Waals surface area contributed by atoms with Crippen LogP contribution in [0, 0.1) is 0 Å². The zero-order valence-corrected chi connectivity index (χ0v) is 14.4. The first kappa shape index (κ1) is 17.5. The van der Waals surface area contributed by atoms with Gasteiger partial charge in [0.2, 0.25) is 0 Å². The van der Waals surface area contributed by atoms with Crippen LogP contribution in [0.3, 0.4) is 0 Å². The maximum atomic E-state index is 12.6. The van der Waals surface area contributed by atoms with Gasteiger partial charge < -0.3 is 15.1 Å². The van der Waals surface area contributed by atoms with Gasteiger partial charge in [0, 0.05) is 11.8 Å². The number of rotatable bonds is 5. The van der Waals surface area contributed by atoms with Crippen molar-refractivity contribution in [2.75, 3.05) is 5.32 Å². The summed E-state index contributed by atoms with van der Waals surface area (Å²) in [5, 5.41) is 5.62. The highest BCUT2D eigenvalue weighted by Gasteiger charge is 2.17. The molecule has 1 aromatic heterocycles. The average molecular weight is 367 g/mol. The molecule has 3 rings (SSSR count). The van der Waals surface area contributed by atoms with Crippen LogP contribution in [-0.2, 0) is 4.79 Å². The second-order valence-corrected chi connectivity index (χ2v) is 5.73. The van der Waals surface area contributed by atoms with E-state index < -0.39 is 11.8 Å². The molecule has 130 valence electrons. The molecule has 0 radical (unpaired) electrons. The lowest BCUT2D eigenvalue weighted by molar-refractivity contribution is -0.113. The van der Waals surface area contributed by atoms with Gasteiger partial charge in [-0.15, -0.1) is 0 Å². The zero-order valence-electron chi connectivity index (χ0n) is 13.6. The van der Waals surface area contributed by atoms with Crippen LogP contribution in [0.15, 0.2) is 83.1 Å². The summed E-state index contributed by atoms with van der Waals surface area (Å²) < 4.78 is 5.24. The number of para-hydroxylation sites is 1. The first-order valence-electron chi connectivity index (χ1n) is 7.81. The van der Waals surface area contributed by atoms with Crippen molar-refractivity contribution in [1.29, 1.82) is 0 Å². The molecule has 0 aliphatic carbocycles. The normalized spacial score (nSPS) is 11.0. The standard InChI is InChI=1S/C20H15ClN2O3/c21-17-11-5-4-10-16(17)19(24)23-18(13-15-9-6-12-26-15)20(25)22-14-7-2-1-3-8-14/h1-13H,(H,22,25)(H,23,24)/b18-13+. The van der Waals surface area contributed by atoms with Crippen molar-refractivity contribution in [2.45, 2.75) is 0 Å². The quantitative estimate of drug-likeness (QED) is 0.660. The maximum Gasteiger partial charge on any atom is 0.272 e. The van der Waals surface area contributed by atoms with Crippen molar-refractivity contribution in [1.82, 2.24) is 5.32 Å². The van der Waals surface area contributed by atoms with Gasteiger partial charge in [-0.05, 0) is 36.4 Å². The number of carbonyl (C=O) groups excluding carboxylic acids is 2. The minimum absolute atomic E-state index is 0.0359. The highest BCUT2D eigenvalue weighted by Crippen LogP contribution is 2.16. The molecule has 0 spiro atoms. The predicted molar refractivity (Wildman–Crippen MR) is 101 cm³/mol. The largest absolute Gasteiger partial charge is 0.465 e. The molecule has 6 heteroatoms. The average Bonchev–Trinajstić information content (AvgIpc) is 3.15. The molecule has 0 saturated carbocycles. The summed E-state index contributed by atoms with van der Waals surface area (Å²) in [6.07, 6.45) is 2.93. The highest BCUT2D eigenvalue weighted by atomic mass is 35.5. The van der Waals surface area contributed by atoms with Crippen molar-refractivity contribution in [2.24, 2.45) is 0 Å². The van der Waals surface area contributed by atoms with Crippen LogP contribution in [0.25, 0.3) is 6.08 Å². The number of anilines is 1. The van der Waals surface area contributed by atoms with Gasteiger partial charge in [-0.3, -0.25) is 9.59 Å². The Kier molecular flexibility index (Phi) is 5.51. The van der Waals surface area contributed by atoms with Crippen LogP contribution in [0.1, 0.15) is 16.1 Å². The van der Waals surface area contributed by atoms with Crippen molar-refractivity contribution < 1.29 is 14.0 Å². The third kappa shape index (κ3) is 4.40. The number of furan rings is 1. The summed E-state index contributed by atoms with van der Waals surface area (Å²) in [7, 11) is 0. The second-order valence-electron chi connectivity index (χ2n) is 5.33. The fraction of sp³-hybridized carbons (Fsp3) is 0. The molecule has 2 aromatic carbocycles. The van der Waals surface area contributed by atoms with Crippen LogP contribution >= 0.6 is 11.6 Å². The first-order chi connectivity index (χ1) is 12.6. The van der Waals surface area contributed by atoms with Gasteiger partial charge in [0.25, 0.3) is 11.8 Å². The summed E-state index contributed by atoms with van der Waals surface area (Å²) in [5.74, 6) is -0.535. The number of carbonyl (C=O) groups is 2. The van der Waals surface area contributed by atoms with Gasteiger partial charge in [-0.2, -0.15) is 0 Å². The van der Waals surface area contributed by atoms with E-state index in [0.29, 0.717) is 16.5 Å². The van der Waals surface area contributed by atoms with Crippen LogP contribution in [0.5, 0.6) is 0 Å². The zero-order chi connectivity index (χ0) is 18.4. The van der Waals surface area contributed by atoms with Gasteiger partial charge in [0.1, 0.15) is 11.5 Å². The molecule has 0 bridgehead atoms. The molecule has 3 aromatic rings. The highest BCUT2D eigenvalue weighted by molar-refractivity contribution is 6.34. The van der Waals surface area contributed by atoms with Crippen LogP contribution in [0.2, 0.25) is 5.02 Å². The molecule has 0 atom stereocenters. The van der Waals surface area contributed by atoms with Gasteiger partial charge >= 0.3 is 0 Å². The van der Waals surface area contributed by atoms with E-state index in [1.165, 1.54) is 12.3 Å². The summed E-state index contributed by atoms with van der Waals surface area (Å²) >= 11 is 6.06. The summed E-state index contributed by atoms with van der Waals surface area (Å²) in [5.41, 5.74) is 0.913. The summed E-state index contributed by atoms with van der Waals surface area (Å²) in [6, 6.07) is 18.9.